The number of carbonyl (C=O) groups is 1. The Kier molecular flexibility index (Phi) is 5.26. The molecule has 2 N–H and O–H groups in total. The summed E-state index contributed by atoms with van der Waals surface area (Å²) >= 11 is 0. The molecule has 0 amide bonds. The van der Waals surface area contributed by atoms with Gasteiger partial charge < -0.3 is 10.4 Å². The van der Waals surface area contributed by atoms with Gasteiger partial charge in [-0.25, -0.2) is 0 Å². The van der Waals surface area contributed by atoms with Crippen LogP contribution in [-0.4, -0.2) is 23.2 Å². The fourth-order valence-electron chi connectivity index (χ4n) is 2.44. The lowest BCUT2D eigenvalue weighted by Crippen LogP contribution is -2.45. The molecule has 1 aliphatic carbocycles. The second kappa shape index (κ2) is 6.24. The number of hydrogen-bond donors (Lipinski definition) is 2. The average molecular weight is 227 g/mol. The van der Waals surface area contributed by atoms with E-state index < -0.39 is 5.97 Å². The first-order valence-electron chi connectivity index (χ1n) is 6.51. The zero-order chi connectivity index (χ0) is 12.1. The highest BCUT2D eigenvalue weighted by molar-refractivity contribution is 5.70. The van der Waals surface area contributed by atoms with Crippen LogP contribution in [0.4, 0.5) is 0 Å². The molecular weight excluding hydrogens is 202 g/mol. The Balaban J connectivity index is 2.47. The Morgan fingerprint density at radius 3 is 2.50 bits per heavy atom. The van der Waals surface area contributed by atoms with Gasteiger partial charge in [0.2, 0.25) is 0 Å². The first-order valence-corrected chi connectivity index (χ1v) is 6.51. The van der Waals surface area contributed by atoms with Crippen LogP contribution in [0.1, 0.15) is 52.9 Å². The topological polar surface area (TPSA) is 49.3 Å². The van der Waals surface area contributed by atoms with Gasteiger partial charge in [0, 0.05) is 12.1 Å². The van der Waals surface area contributed by atoms with Crippen molar-refractivity contribution in [3.8, 4) is 0 Å². The van der Waals surface area contributed by atoms with E-state index in [1.807, 2.05) is 6.92 Å². The fourth-order valence-corrected chi connectivity index (χ4v) is 2.44. The molecule has 16 heavy (non-hydrogen) atoms. The van der Waals surface area contributed by atoms with Gasteiger partial charge in [0.25, 0.3) is 0 Å². The molecule has 1 saturated carbocycles. The minimum absolute atomic E-state index is 0.0584. The van der Waals surface area contributed by atoms with Gasteiger partial charge in [-0.2, -0.15) is 0 Å². The van der Waals surface area contributed by atoms with Crippen molar-refractivity contribution in [2.45, 2.75) is 65.0 Å². The largest absolute Gasteiger partial charge is 0.481 e. The molecule has 4 unspecified atom stereocenters. The van der Waals surface area contributed by atoms with E-state index in [0.29, 0.717) is 12.0 Å². The molecule has 1 aliphatic rings. The van der Waals surface area contributed by atoms with Crippen LogP contribution in [-0.2, 0) is 4.79 Å². The van der Waals surface area contributed by atoms with Crippen LogP contribution in [0.5, 0.6) is 0 Å². The predicted molar refractivity (Wildman–Crippen MR) is 65.4 cm³/mol. The lowest BCUT2D eigenvalue weighted by Gasteiger charge is -2.28. The number of hydrogen-bond acceptors (Lipinski definition) is 2. The van der Waals surface area contributed by atoms with Crippen LogP contribution in [0.3, 0.4) is 0 Å². The van der Waals surface area contributed by atoms with E-state index in [4.69, 9.17) is 5.11 Å². The summed E-state index contributed by atoms with van der Waals surface area (Å²) in [6.07, 6.45) is 6.38. The molecule has 0 radical (unpaired) electrons. The van der Waals surface area contributed by atoms with Crippen molar-refractivity contribution in [2.75, 3.05) is 0 Å². The Labute approximate surface area is 98.6 Å². The van der Waals surface area contributed by atoms with Crippen LogP contribution in [0.15, 0.2) is 0 Å². The summed E-state index contributed by atoms with van der Waals surface area (Å²) in [6, 6.07) is 0.558. The van der Waals surface area contributed by atoms with Crippen LogP contribution in [0.2, 0.25) is 0 Å². The van der Waals surface area contributed by atoms with Crippen molar-refractivity contribution in [1.82, 2.24) is 5.32 Å². The monoisotopic (exact) mass is 227 g/mol. The van der Waals surface area contributed by atoms with E-state index in [1.165, 1.54) is 32.1 Å². The predicted octanol–water partition coefficient (Wildman–Crippen LogP) is 2.65. The van der Waals surface area contributed by atoms with E-state index in [2.05, 4.69) is 12.2 Å². The van der Waals surface area contributed by atoms with E-state index in [-0.39, 0.29) is 12.0 Å². The molecule has 0 spiro atoms. The molecule has 0 saturated heterocycles. The van der Waals surface area contributed by atoms with Crippen molar-refractivity contribution >= 4 is 5.97 Å². The van der Waals surface area contributed by atoms with Crippen molar-refractivity contribution in [3.05, 3.63) is 0 Å². The Bertz CT molecular complexity index is 230. The first kappa shape index (κ1) is 13.5. The number of carboxylic acids is 1. The van der Waals surface area contributed by atoms with E-state index >= 15 is 0 Å². The Hall–Kier alpha value is -0.570. The van der Waals surface area contributed by atoms with E-state index in [1.54, 1.807) is 6.92 Å². The van der Waals surface area contributed by atoms with Gasteiger partial charge in [-0.05, 0) is 25.7 Å². The number of aliphatic carboxylic acids is 1. The summed E-state index contributed by atoms with van der Waals surface area (Å²) in [7, 11) is 0. The molecule has 0 aromatic rings. The minimum atomic E-state index is -0.707. The first-order chi connectivity index (χ1) is 7.52. The van der Waals surface area contributed by atoms with Crippen LogP contribution >= 0.6 is 0 Å². The van der Waals surface area contributed by atoms with Gasteiger partial charge in [-0.1, -0.05) is 33.1 Å². The highest BCUT2D eigenvalue weighted by Crippen LogP contribution is 2.23. The average Bonchev–Trinajstić information content (AvgIpc) is 2.43. The molecule has 3 heteroatoms. The van der Waals surface area contributed by atoms with Crippen LogP contribution in [0, 0.1) is 11.8 Å². The Morgan fingerprint density at radius 1 is 1.25 bits per heavy atom. The molecule has 0 heterocycles. The van der Waals surface area contributed by atoms with Crippen molar-refractivity contribution in [1.29, 1.82) is 0 Å². The van der Waals surface area contributed by atoms with E-state index in [0.717, 1.165) is 0 Å². The maximum atomic E-state index is 10.9. The molecule has 1 rings (SSSR count). The molecule has 4 atom stereocenters. The van der Waals surface area contributed by atoms with Crippen LogP contribution < -0.4 is 5.32 Å². The number of carboxylic acid groups (broad SMARTS) is 1. The molecule has 0 aromatic carbocycles. The lowest BCUT2D eigenvalue weighted by atomic mass is 9.94. The van der Waals surface area contributed by atoms with Crippen molar-refractivity contribution in [2.24, 2.45) is 11.8 Å². The maximum Gasteiger partial charge on any atom is 0.307 e. The molecular formula is C13H25NO2. The third-order valence-corrected chi connectivity index (χ3v) is 3.98. The zero-order valence-electron chi connectivity index (χ0n) is 10.7. The highest BCUT2D eigenvalue weighted by atomic mass is 16.4. The smallest absolute Gasteiger partial charge is 0.307 e. The van der Waals surface area contributed by atoms with Gasteiger partial charge in [0.05, 0.1) is 5.92 Å². The second-order valence-corrected chi connectivity index (χ2v) is 5.30. The summed E-state index contributed by atoms with van der Waals surface area (Å²) in [5.41, 5.74) is 0. The third-order valence-electron chi connectivity index (χ3n) is 3.98. The molecule has 3 nitrogen and oxygen atoms in total. The zero-order valence-corrected chi connectivity index (χ0v) is 10.7. The van der Waals surface area contributed by atoms with Gasteiger partial charge in [-0.15, -0.1) is 0 Å². The maximum absolute atomic E-state index is 10.9. The standard InChI is InChI=1S/C13H25NO2/c1-9-7-5-4-6-8-12(9)14-11(3)10(2)13(15)16/h9-12,14H,4-8H2,1-3H3,(H,15,16). The molecule has 0 aromatic heterocycles. The summed E-state index contributed by atoms with van der Waals surface area (Å²) in [5, 5.41) is 12.5. The highest BCUT2D eigenvalue weighted by Gasteiger charge is 2.25. The number of rotatable bonds is 4. The summed E-state index contributed by atoms with van der Waals surface area (Å²) in [4.78, 5) is 10.9. The second-order valence-electron chi connectivity index (χ2n) is 5.30. The number of nitrogens with one attached hydrogen (secondary N) is 1. The van der Waals surface area contributed by atoms with Gasteiger partial charge >= 0.3 is 5.97 Å². The Morgan fingerprint density at radius 2 is 1.88 bits per heavy atom. The summed E-state index contributed by atoms with van der Waals surface area (Å²) in [6.45, 7) is 6.04. The van der Waals surface area contributed by atoms with Crippen molar-refractivity contribution in [3.63, 3.8) is 0 Å². The quantitative estimate of drug-likeness (QED) is 0.726. The normalized spacial score (nSPS) is 30.4. The lowest BCUT2D eigenvalue weighted by molar-refractivity contribution is -0.142. The molecule has 94 valence electrons. The van der Waals surface area contributed by atoms with E-state index in [9.17, 15) is 4.79 Å². The molecule has 0 bridgehead atoms. The summed E-state index contributed by atoms with van der Waals surface area (Å²) in [5.74, 6) is -0.345. The van der Waals surface area contributed by atoms with Crippen LogP contribution in [0.25, 0.3) is 0 Å². The van der Waals surface area contributed by atoms with Gasteiger partial charge in [0.1, 0.15) is 0 Å². The van der Waals surface area contributed by atoms with Gasteiger partial charge in [-0.3, -0.25) is 4.79 Å². The minimum Gasteiger partial charge on any atom is -0.481 e. The summed E-state index contributed by atoms with van der Waals surface area (Å²) < 4.78 is 0. The molecule has 1 fully saturated rings. The van der Waals surface area contributed by atoms with Gasteiger partial charge in [0.15, 0.2) is 0 Å². The SMILES string of the molecule is CC1CCCCCC1NC(C)C(C)C(=O)O. The third kappa shape index (κ3) is 3.78. The van der Waals surface area contributed by atoms with Crippen molar-refractivity contribution < 1.29 is 9.90 Å². The molecule has 0 aliphatic heterocycles. The fraction of sp³-hybridized carbons (Fsp3) is 0.923.